The van der Waals surface area contributed by atoms with Gasteiger partial charge in [-0.25, -0.2) is 0 Å². The molecular formula is C28H28N2O3. The number of hydrogen-bond acceptors (Lipinski definition) is 3. The van der Waals surface area contributed by atoms with Crippen LogP contribution >= 0.6 is 0 Å². The average molecular weight is 441 g/mol. The number of benzene rings is 3. The van der Waals surface area contributed by atoms with Crippen LogP contribution in [0.15, 0.2) is 78.9 Å². The molecule has 5 nitrogen and oxygen atoms in total. The number of ether oxygens (including phenoxy) is 1. The Labute approximate surface area is 194 Å². The molecule has 2 aliphatic heterocycles. The van der Waals surface area contributed by atoms with Crippen molar-refractivity contribution >= 4 is 11.8 Å². The Balaban J connectivity index is 1.20. The third kappa shape index (κ3) is 4.63. The minimum absolute atomic E-state index is 0.0443. The summed E-state index contributed by atoms with van der Waals surface area (Å²) in [6.07, 6.45) is 2.64. The maximum Gasteiger partial charge on any atom is 0.223 e. The Hall–Kier alpha value is -3.60. The van der Waals surface area contributed by atoms with Gasteiger partial charge in [0.1, 0.15) is 11.5 Å². The van der Waals surface area contributed by atoms with E-state index in [1.165, 1.54) is 5.56 Å². The van der Waals surface area contributed by atoms with Gasteiger partial charge in [0, 0.05) is 36.6 Å². The molecule has 0 unspecified atom stereocenters. The standard InChI is InChI=1S/C28H28N2O3/c31-26(15-14-20-8-2-1-3-9-20)30-18-16-21(17-19-30)28(32)29-27-22-10-4-6-12-24(22)33-25-13-7-5-11-23(25)27/h1-13,21,27H,14-19H2,(H,29,32). The first kappa shape index (κ1) is 21.3. The van der Waals surface area contributed by atoms with Crippen LogP contribution in [0, 0.1) is 5.92 Å². The largest absolute Gasteiger partial charge is 0.457 e. The highest BCUT2D eigenvalue weighted by atomic mass is 16.5. The molecule has 2 amide bonds. The van der Waals surface area contributed by atoms with Crippen LogP contribution in [0.5, 0.6) is 11.5 Å². The first-order chi connectivity index (χ1) is 16.2. The molecule has 2 aliphatic rings. The van der Waals surface area contributed by atoms with Crippen molar-refractivity contribution in [2.45, 2.75) is 31.7 Å². The van der Waals surface area contributed by atoms with Gasteiger partial charge >= 0.3 is 0 Å². The maximum atomic E-state index is 13.2. The van der Waals surface area contributed by atoms with Crippen LogP contribution < -0.4 is 10.1 Å². The minimum atomic E-state index is -0.232. The molecule has 33 heavy (non-hydrogen) atoms. The number of amides is 2. The Bertz CT molecular complexity index is 1090. The number of carbonyl (C=O) groups is 2. The van der Waals surface area contributed by atoms with Gasteiger partial charge in [-0.05, 0) is 37.0 Å². The molecule has 1 fully saturated rings. The number of likely N-dealkylation sites (tertiary alicyclic amines) is 1. The van der Waals surface area contributed by atoms with E-state index in [0.29, 0.717) is 32.4 Å². The van der Waals surface area contributed by atoms with Crippen LogP contribution in [-0.2, 0) is 16.0 Å². The normalized spacial score (nSPS) is 15.8. The molecule has 5 rings (SSSR count). The molecule has 168 valence electrons. The van der Waals surface area contributed by atoms with Crippen molar-refractivity contribution in [1.29, 1.82) is 0 Å². The molecule has 1 saturated heterocycles. The van der Waals surface area contributed by atoms with Gasteiger partial charge in [0.2, 0.25) is 11.8 Å². The zero-order chi connectivity index (χ0) is 22.6. The van der Waals surface area contributed by atoms with Gasteiger partial charge in [0.05, 0.1) is 6.04 Å². The zero-order valence-electron chi connectivity index (χ0n) is 18.6. The van der Waals surface area contributed by atoms with Gasteiger partial charge in [0.15, 0.2) is 0 Å². The van der Waals surface area contributed by atoms with Gasteiger partial charge in [0.25, 0.3) is 0 Å². The summed E-state index contributed by atoms with van der Waals surface area (Å²) in [4.78, 5) is 27.8. The SMILES string of the molecule is O=C(NC1c2ccccc2Oc2ccccc21)C1CCN(C(=O)CCc2ccccc2)CC1. The first-order valence-electron chi connectivity index (χ1n) is 11.7. The molecule has 5 heteroatoms. The fourth-order valence-corrected chi connectivity index (χ4v) is 4.77. The molecule has 0 radical (unpaired) electrons. The number of aryl methyl sites for hydroxylation is 1. The number of nitrogens with zero attached hydrogens (tertiary/aromatic N) is 1. The van der Waals surface area contributed by atoms with Crippen molar-refractivity contribution in [1.82, 2.24) is 10.2 Å². The summed E-state index contributed by atoms with van der Waals surface area (Å²) >= 11 is 0. The van der Waals surface area contributed by atoms with Crippen LogP contribution in [0.25, 0.3) is 0 Å². The summed E-state index contributed by atoms with van der Waals surface area (Å²) in [6.45, 7) is 1.26. The second-order valence-electron chi connectivity index (χ2n) is 8.76. The van der Waals surface area contributed by atoms with Crippen molar-refractivity contribution in [3.63, 3.8) is 0 Å². The van der Waals surface area contributed by atoms with E-state index in [4.69, 9.17) is 4.74 Å². The van der Waals surface area contributed by atoms with Crippen LogP contribution in [0.4, 0.5) is 0 Å². The van der Waals surface area contributed by atoms with E-state index in [1.54, 1.807) is 0 Å². The number of carbonyl (C=O) groups excluding carboxylic acids is 2. The second kappa shape index (κ2) is 9.49. The maximum absolute atomic E-state index is 13.2. The molecule has 3 aromatic carbocycles. The quantitative estimate of drug-likeness (QED) is 0.616. The number of rotatable bonds is 5. The van der Waals surface area contributed by atoms with Crippen LogP contribution in [-0.4, -0.2) is 29.8 Å². The number of fused-ring (bicyclic) bond motifs is 2. The van der Waals surface area contributed by atoms with Crippen molar-refractivity contribution < 1.29 is 14.3 Å². The van der Waals surface area contributed by atoms with Crippen LogP contribution in [0.3, 0.4) is 0 Å². The van der Waals surface area contributed by atoms with E-state index < -0.39 is 0 Å². The van der Waals surface area contributed by atoms with E-state index >= 15 is 0 Å². The van der Waals surface area contributed by atoms with Crippen molar-refractivity contribution in [3.8, 4) is 11.5 Å². The molecule has 1 N–H and O–H groups in total. The van der Waals surface area contributed by atoms with Gasteiger partial charge in [-0.2, -0.15) is 0 Å². The topological polar surface area (TPSA) is 58.6 Å². The van der Waals surface area contributed by atoms with E-state index in [1.807, 2.05) is 71.6 Å². The number of nitrogens with one attached hydrogen (secondary N) is 1. The second-order valence-corrected chi connectivity index (χ2v) is 8.76. The molecule has 0 atom stereocenters. The summed E-state index contributed by atoms with van der Waals surface area (Å²) < 4.78 is 6.03. The van der Waals surface area contributed by atoms with Crippen molar-refractivity contribution in [2.75, 3.05) is 13.1 Å². The van der Waals surface area contributed by atoms with Crippen molar-refractivity contribution in [3.05, 3.63) is 95.6 Å². The predicted molar refractivity (Wildman–Crippen MR) is 127 cm³/mol. The lowest BCUT2D eigenvalue weighted by atomic mass is 9.91. The molecule has 0 saturated carbocycles. The van der Waals surface area contributed by atoms with Gasteiger partial charge < -0.3 is 15.0 Å². The van der Waals surface area contributed by atoms with Crippen LogP contribution in [0.1, 0.15) is 42.0 Å². The Morgan fingerprint density at radius 1 is 0.818 bits per heavy atom. The summed E-state index contributed by atoms with van der Waals surface area (Å²) in [6, 6.07) is 25.5. The Kier molecular flexibility index (Phi) is 6.11. The summed E-state index contributed by atoms with van der Waals surface area (Å²) in [7, 11) is 0. The molecular weight excluding hydrogens is 412 g/mol. The molecule has 0 bridgehead atoms. The number of piperidine rings is 1. The molecule has 3 aromatic rings. The Morgan fingerprint density at radius 3 is 2.03 bits per heavy atom. The highest BCUT2D eigenvalue weighted by Crippen LogP contribution is 2.42. The van der Waals surface area contributed by atoms with Gasteiger partial charge in [-0.3, -0.25) is 9.59 Å². The van der Waals surface area contributed by atoms with Gasteiger partial charge in [-0.15, -0.1) is 0 Å². The first-order valence-corrected chi connectivity index (χ1v) is 11.7. The zero-order valence-corrected chi connectivity index (χ0v) is 18.6. The van der Waals surface area contributed by atoms with Gasteiger partial charge in [-0.1, -0.05) is 66.7 Å². The molecule has 0 aromatic heterocycles. The summed E-state index contributed by atoms with van der Waals surface area (Å²) in [5.41, 5.74) is 3.12. The van der Waals surface area contributed by atoms with Crippen molar-refractivity contribution in [2.24, 2.45) is 5.92 Å². The number of para-hydroxylation sites is 2. The predicted octanol–water partition coefficient (Wildman–Crippen LogP) is 4.87. The third-order valence-corrected chi connectivity index (χ3v) is 6.66. The number of hydrogen-bond donors (Lipinski definition) is 1. The van der Waals surface area contributed by atoms with Crippen LogP contribution in [0.2, 0.25) is 0 Å². The molecule has 2 heterocycles. The average Bonchev–Trinajstić information content (AvgIpc) is 2.87. The highest BCUT2D eigenvalue weighted by molar-refractivity contribution is 5.81. The van der Waals surface area contributed by atoms with E-state index in [-0.39, 0.29) is 23.8 Å². The lowest BCUT2D eigenvalue weighted by Crippen LogP contribution is -2.44. The summed E-state index contributed by atoms with van der Waals surface area (Å²) in [5, 5.41) is 3.27. The molecule has 0 aliphatic carbocycles. The fraction of sp³-hybridized carbons (Fsp3) is 0.286. The van der Waals surface area contributed by atoms with E-state index in [2.05, 4.69) is 17.4 Å². The lowest BCUT2D eigenvalue weighted by Gasteiger charge is -2.34. The lowest BCUT2D eigenvalue weighted by molar-refractivity contribution is -0.135. The summed E-state index contributed by atoms with van der Waals surface area (Å²) in [5.74, 6) is 1.68. The third-order valence-electron chi connectivity index (χ3n) is 6.66. The monoisotopic (exact) mass is 440 g/mol. The fourth-order valence-electron chi connectivity index (χ4n) is 4.77. The minimum Gasteiger partial charge on any atom is -0.457 e. The Morgan fingerprint density at radius 2 is 1.39 bits per heavy atom. The van der Waals surface area contributed by atoms with E-state index in [9.17, 15) is 9.59 Å². The molecule has 0 spiro atoms. The highest BCUT2D eigenvalue weighted by Gasteiger charge is 2.32. The van der Waals surface area contributed by atoms with E-state index in [0.717, 1.165) is 29.0 Å². The smallest absolute Gasteiger partial charge is 0.223 e.